The molecule has 0 aromatic carbocycles. The lowest BCUT2D eigenvalue weighted by Crippen LogP contribution is -2.64. The molecule has 3 saturated heterocycles. The summed E-state index contributed by atoms with van der Waals surface area (Å²) >= 11 is 0. The summed E-state index contributed by atoms with van der Waals surface area (Å²) in [6.07, 6.45) is 8.22. The fourth-order valence-electron chi connectivity index (χ4n) is 4.98. The fraction of sp³-hybridized carbons (Fsp3) is 1.00. The van der Waals surface area contributed by atoms with Crippen molar-refractivity contribution in [3.8, 4) is 0 Å². The molecule has 0 aliphatic carbocycles. The summed E-state index contributed by atoms with van der Waals surface area (Å²) < 4.78 is 24.0. The van der Waals surface area contributed by atoms with E-state index in [1.807, 2.05) is 0 Å². The Morgan fingerprint density at radius 3 is 2.43 bits per heavy atom. The Bertz CT molecular complexity index is 465. The average molecular weight is 314 g/mol. The SMILES string of the molecule is CCCNC1CC2CCCC(C1)N2C1(C)CCS(=O)(=O)C1. The van der Waals surface area contributed by atoms with E-state index >= 15 is 0 Å². The van der Waals surface area contributed by atoms with E-state index in [0.29, 0.717) is 29.6 Å². The topological polar surface area (TPSA) is 49.4 Å². The van der Waals surface area contributed by atoms with E-state index in [0.717, 1.165) is 13.0 Å². The molecular formula is C16H30N2O2S. The Hall–Kier alpha value is -0.130. The minimum absolute atomic E-state index is 0.107. The zero-order valence-corrected chi connectivity index (χ0v) is 14.3. The van der Waals surface area contributed by atoms with Crippen molar-refractivity contribution >= 4 is 9.84 Å². The second-order valence-corrected chi connectivity index (χ2v) is 9.79. The number of piperidine rings is 2. The zero-order valence-electron chi connectivity index (χ0n) is 13.5. The maximum absolute atomic E-state index is 12.0. The summed E-state index contributed by atoms with van der Waals surface area (Å²) in [6, 6.07) is 1.81. The Morgan fingerprint density at radius 1 is 1.24 bits per heavy atom. The molecule has 4 nitrogen and oxygen atoms in total. The van der Waals surface area contributed by atoms with Gasteiger partial charge in [0.15, 0.2) is 9.84 Å². The number of fused-ring (bicyclic) bond motifs is 2. The summed E-state index contributed by atoms with van der Waals surface area (Å²) in [4.78, 5) is 2.63. The highest BCUT2D eigenvalue weighted by atomic mass is 32.2. The minimum Gasteiger partial charge on any atom is -0.314 e. The van der Waals surface area contributed by atoms with E-state index in [4.69, 9.17) is 0 Å². The van der Waals surface area contributed by atoms with Crippen LogP contribution in [0.2, 0.25) is 0 Å². The first-order valence-corrected chi connectivity index (χ1v) is 10.5. The summed E-state index contributed by atoms with van der Waals surface area (Å²) in [7, 11) is -2.82. The van der Waals surface area contributed by atoms with E-state index in [2.05, 4.69) is 24.1 Å². The van der Waals surface area contributed by atoms with Crippen LogP contribution in [0.4, 0.5) is 0 Å². The molecule has 3 unspecified atom stereocenters. The molecule has 3 rings (SSSR count). The van der Waals surface area contributed by atoms with Gasteiger partial charge in [-0.1, -0.05) is 13.3 Å². The second kappa shape index (κ2) is 5.82. The molecular weight excluding hydrogens is 284 g/mol. The molecule has 0 aromatic heterocycles. The van der Waals surface area contributed by atoms with Gasteiger partial charge in [0.2, 0.25) is 0 Å². The quantitative estimate of drug-likeness (QED) is 0.862. The second-order valence-electron chi connectivity index (χ2n) is 7.61. The molecule has 0 saturated carbocycles. The van der Waals surface area contributed by atoms with Crippen LogP contribution in [-0.2, 0) is 9.84 Å². The standard InChI is InChI=1S/C16H30N2O2S/c1-3-8-17-13-10-14-5-4-6-15(11-13)18(14)16(2)7-9-21(19,20)12-16/h13-15,17H,3-12H2,1-2H3. The van der Waals surface area contributed by atoms with Gasteiger partial charge in [-0.2, -0.15) is 0 Å². The molecule has 3 atom stereocenters. The highest BCUT2D eigenvalue weighted by Gasteiger charge is 2.51. The van der Waals surface area contributed by atoms with Crippen molar-refractivity contribution in [3.05, 3.63) is 0 Å². The van der Waals surface area contributed by atoms with Gasteiger partial charge in [-0.3, -0.25) is 4.90 Å². The third-order valence-corrected chi connectivity index (χ3v) is 7.65. The molecule has 3 aliphatic heterocycles. The third-order valence-electron chi connectivity index (χ3n) is 5.76. The number of nitrogens with zero attached hydrogens (tertiary/aromatic N) is 1. The van der Waals surface area contributed by atoms with Crippen LogP contribution in [0.5, 0.6) is 0 Å². The predicted molar refractivity (Wildman–Crippen MR) is 86.3 cm³/mol. The lowest BCUT2D eigenvalue weighted by Gasteiger charge is -2.55. The summed E-state index contributed by atoms with van der Waals surface area (Å²) in [6.45, 7) is 5.52. The van der Waals surface area contributed by atoms with Gasteiger partial charge in [0.05, 0.1) is 11.5 Å². The lowest BCUT2D eigenvalue weighted by molar-refractivity contribution is -0.0449. The number of sulfone groups is 1. The van der Waals surface area contributed by atoms with Crippen molar-refractivity contribution < 1.29 is 8.42 Å². The van der Waals surface area contributed by atoms with Crippen LogP contribution in [0.1, 0.15) is 58.8 Å². The molecule has 5 heteroatoms. The van der Waals surface area contributed by atoms with Crippen LogP contribution in [0, 0.1) is 0 Å². The minimum atomic E-state index is -2.82. The molecule has 0 radical (unpaired) electrons. The van der Waals surface area contributed by atoms with Gasteiger partial charge in [-0.25, -0.2) is 8.42 Å². The van der Waals surface area contributed by atoms with Crippen LogP contribution < -0.4 is 5.32 Å². The van der Waals surface area contributed by atoms with E-state index < -0.39 is 9.84 Å². The van der Waals surface area contributed by atoms with Gasteiger partial charge >= 0.3 is 0 Å². The maximum atomic E-state index is 12.0. The molecule has 2 bridgehead atoms. The van der Waals surface area contributed by atoms with E-state index in [9.17, 15) is 8.42 Å². The van der Waals surface area contributed by atoms with E-state index in [1.54, 1.807) is 0 Å². The monoisotopic (exact) mass is 314 g/mol. The maximum Gasteiger partial charge on any atom is 0.152 e. The number of hydrogen-bond acceptors (Lipinski definition) is 4. The molecule has 3 aliphatic rings. The fourth-order valence-corrected chi connectivity index (χ4v) is 7.11. The Balaban J connectivity index is 1.75. The molecule has 0 spiro atoms. The van der Waals surface area contributed by atoms with Gasteiger partial charge in [0.25, 0.3) is 0 Å². The molecule has 21 heavy (non-hydrogen) atoms. The van der Waals surface area contributed by atoms with Crippen LogP contribution in [0.3, 0.4) is 0 Å². The predicted octanol–water partition coefficient (Wildman–Crippen LogP) is 1.95. The van der Waals surface area contributed by atoms with Crippen molar-refractivity contribution in [1.82, 2.24) is 10.2 Å². The lowest BCUT2D eigenvalue weighted by atomic mass is 9.77. The molecule has 3 heterocycles. The van der Waals surface area contributed by atoms with E-state index in [-0.39, 0.29) is 5.54 Å². The largest absolute Gasteiger partial charge is 0.314 e. The van der Waals surface area contributed by atoms with Crippen molar-refractivity contribution in [1.29, 1.82) is 0 Å². The number of nitrogens with one attached hydrogen (secondary N) is 1. The van der Waals surface area contributed by atoms with Gasteiger partial charge in [0, 0.05) is 23.7 Å². The van der Waals surface area contributed by atoms with Gasteiger partial charge in [0.1, 0.15) is 0 Å². The van der Waals surface area contributed by atoms with Crippen molar-refractivity contribution in [2.75, 3.05) is 18.1 Å². The third kappa shape index (κ3) is 3.15. The average Bonchev–Trinajstić information content (AvgIpc) is 2.70. The van der Waals surface area contributed by atoms with Crippen LogP contribution in [0.25, 0.3) is 0 Å². The molecule has 1 N–H and O–H groups in total. The number of hydrogen-bond donors (Lipinski definition) is 1. The normalized spacial score (nSPS) is 43.0. The Morgan fingerprint density at radius 2 is 1.90 bits per heavy atom. The first-order valence-electron chi connectivity index (χ1n) is 8.66. The zero-order chi connectivity index (χ0) is 15.1. The van der Waals surface area contributed by atoms with Gasteiger partial charge in [-0.15, -0.1) is 0 Å². The first kappa shape index (κ1) is 15.8. The molecule has 122 valence electrons. The van der Waals surface area contributed by atoms with Crippen LogP contribution in [0.15, 0.2) is 0 Å². The first-order chi connectivity index (χ1) is 9.93. The van der Waals surface area contributed by atoms with Crippen LogP contribution in [-0.4, -0.2) is 55.0 Å². The smallest absolute Gasteiger partial charge is 0.152 e. The summed E-state index contributed by atoms with van der Waals surface area (Å²) in [5.74, 6) is 0.761. The number of rotatable bonds is 4. The molecule has 0 amide bonds. The highest BCUT2D eigenvalue weighted by molar-refractivity contribution is 7.91. The van der Waals surface area contributed by atoms with Gasteiger partial charge < -0.3 is 5.32 Å². The van der Waals surface area contributed by atoms with Crippen LogP contribution >= 0.6 is 0 Å². The Labute approximate surface area is 129 Å². The molecule has 0 aromatic rings. The van der Waals surface area contributed by atoms with Crippen molar-refractivity contribution in [3.63, 3.8) is 0 Å². The molecule has 3 fully saturated rings. The van der Waals surface area contributed by atoms with Crippen molar-refractivity contribution in [2.45, 2.75) is 82.5 Å². The highest BCUT2D eigenvalue weighted by Crippen LogP contribution is 2.42. The van der Waals surface area contributed by atoms with E-state index in [1.165, 1.54) is 38.5 Å². The van der Waals surface area contributed by atoms with Gasteiger partial charge in [-0.05, 0) is 52.0 Å². The summed E-state index contributed by atoms with van der Waals surface area (Å²) in [5.41, 5.74) is -0.107. The summed E-state index contributed by atoms with van der Waals surface area (Å²) in [5, 5.41) is 3.69. The Kier molecular flexibility index (Phi) is 4.37. The van der Waals surface area contributed by atoms with Crippen molar-refractivity contribution in [2.24, 2.45) is 0 Å².